The molecule has 72 valence electrons. The first-order valence-electron chi connectivity index (χ1n) is 5.35. The van der Waals surface area contributed by atoms with Crippen molar-refractivity contribution < 1.29 is 5.11 Å². The van der Waals surface area contributed by atoms with Crippen molar-refractivity contribution in [3.63, 3.8) is 0 Å². The predicted molar refractivity (Wildman–Crippen MR) is 52.1 cm³/mol. The van der Waals surface area contributed by atoms with Crippen LogP contribution in [0.15, 0.2) is 0 Å². The molecular formula is C11H22O. The summed E-state index contributed by atoms with van der Waals surface area (Å²) in [4.78, 5) is 0. The van der Waals surface area contributed by atoms with Crippen molar-refractivity contribution in [2.24, 2.45) is 5.92 Å². The van der Waals surface area contributed by atoms with Crippen LogP contribution in [0, 0.1) is 5.92 Å². The minimum atomic E-state index is -0.315. The third kappa shape index (κ3) is 3.14. The van der Waals surface area contributed by atoms with Gasteiger partial charge in [-0.15, -0.1) is 0 Å². The van der Waals surface area contributed by atoms with E-state index in [9.17, 15) is 5.11 Å². The van der Waals surface area contributed by atoms with E-state index in [1.807, 2.05) is 0 Å². The largest absolute Gasteiger partial charge is 0.390 e. The van der Waals surface area contributed by atoms with Gasteiger partial charge >= 0.3 is 0 Å². The van der Waals surface area contributed by atoms with Crippen molar-refractivity contribution in [3.05, 3.63) is 0 Å². The summed E-state index contributed by atoms with van der Waals surface area (Å²) in [6, 6.07) is 0. The fourth-order valence-electron chi connectivity index (χ4n) is 2.35. The topological polar surface area (TPSA) is 20.2 Å². The van der Waals surface area contributed by atoms with E-state index in [4.69, 9.17) is 0 Å². The maximum atomic E-state index is 10.2. The summed E-state index contributed by atoms with van der Waals surface area (Å²) in [5, 5.41) is 10.2. The molecule has 12 heavy (non-hydrogen) atoms. The SMILES string of the molecule is CC(C)CC1(O)CCCCCC1. The molecule has 0 unspecified atom stereocenters. The molecule has 1 aliphatic rings. The first kappa shape index (κ1) is 10.0. The van der Waals surface area contributed by atoms with Crippen LogP contribution in [0.1, 0.15) is 58.8 Å². The zero-order chi connectivity index (χ0) is 9.03. The lowest BCUT2D eigenvalue weighted by Gasteiger charge is -2.28. The van der Waals surface area contributed by atoms with E-state index in [1.54, 1.807) is 0 Å². The second-order valence-corrected chi connectivity index (χ2v) is 4.74. The van der Waals surface area contributed by atoms with Crippen LogP contribution < -0.4 is 0 Å². The van der Waals surface area contributed by atoms with E-state index in [1.165, 1.54) is 25.7 Å². The van der Waals surface area contributed by atoms with Crippen LogP contribution in [-0.4, -0.2) is 10.7 Å². The third-order valence-electron chi connectivity index (χ3n) is 2.82. The molecule has 1 nitrogen and oxygen atoms in total. The Morgan fingerprint density at radius 2 is 1.58 bits per heavy atom. The van der Waals surface area contributed by atoms with Gasteiger partial charge in [0, 0.05) is 0 Å². The lowest BCUT2D eigenvalue weighted by atomic mass is 9.86. The maximum Gasteiger partial charge on any atom is 0.0650 e. The van der Waals surface area contributed by atoms with Crippen molar-refractivity contribution in [1.82, 2.24) is 0 Å². The van der Waals surface area contributed by atoms with Gasteiger partial charge in [-0.2, -0.15) is 0 Å². The molecule has 0 aromatic carbocycles. The van der Waals surface area contributed by atoms with Gasteiger partial charge in [0.15, 0.2) is 0 Å². The number of rotatable bonds is 2. The van der Waals surface area contributed by atoms with Gasteiger partial charge in [0.05, 0.1) is 5.60 Å². The molecule has 0 aromatic rings. The van der Waals surface area contributed by atoms with Gasteiger partial charge in [-0.1, -0.05) is 39.5 Å². The fourth-order valence-corrected chi connectivity index (χ4v) is 2.35. The summed E-state index contributed by atoms with van der Waals surface area (Å²) in [6.45, 7) is 4.39. The number of hydrogen-bond acceptors (Lipinski definition) is 1. The quantitative estimate of drug-likeness (QED) is 0.631. The van der Waals surface area contributed by atoms with E-state index in [0.717, 1.165) is 19.3 Å². The predicted octanol–water partition coefficient (Wildman–Crippen LogP) is 3.12. The first-order valence-corrected chi connectivity index (χ1v) is 5.35. The monoisotopic (exact) mass is 170 g/mol. The minimum absolute atomic E-state index is 0.315. The smallest absolute Gasteiger partial charge is 0.0650 e. The third-order valence-corrected chi connectivity index (χ3v) is 2.82. The van der Waals surface area contributed by atoms with Gasteiger partial charge in [0.2, 0.25) is 0 Å². The van der Waals surface area contributed by atoms with E-state index in [2.05, 4.69) is 13.8 Å². The molecule has 0 heterocycles. The van der Waals surface area contributed by atoms with Crippen LogP contribution in [0.4, 0.5) is 0 Å². The van der Waals surface area contributed by atoms with Crippen molar-refractivity contribution in [2.75, 3.05) is 0 Å². The van der Waals surface area contributed by atoms with Gasteiger partial charge in [-0.25, -0.2) is 0 Å². The molecule has 0 bridgehead atoms. The highest BCUT2D eigenvalue weighted by Crippen LogP contribution is 2.31. The maximum absolute atomic E-state index is 10.2. The lowest BCUT2D eigenvalue weighted by Crippen LogP contribution is -2.29. The van der Waals surface area contributed by atoms with E-state index < -0.39 is 0 Å². The minimum Gasteiger partial charge on any atom is -0.390 e. The summed E-state index contributed by atoms with van der Waals surface area (Å²) in [5.41, 5.74) is -0.315. The Morgan fingerprint density at radius 1 is 1.08 bits per heavy atom. The zero-order valence-electron chi connectivity index (χ0n) is 8.47. The molecule has 1 rings (SSSR count). The Hall–Kier alpha value is -0.0400. The number of aliphatic hydroxyl groups is 1. The Labute approximate surface area is 76.2 Å². The summed E-state index contributed by atoms with van der Waals surface area (Å²) < 4.78 is 0. The Kier molecular flexibility index (Phi) is 3.57. The molecule has 0 aliphatic heterocycles. The first-order chi connectivity index (χ1) is 5.62. The van der Waals surface area contributed by atoms with E-state index in [-0.39, 0.29) is 5.60 Å². The lowest BCUT2D eigenvalue weighted by molar-refractivity contribution is 0.00529. The van der Waals surface area contributed by atoms with E-state index >= 15 is 0 Å². The molecule has 1 heteroatoms. The average molecular weight is 170 g/mol. The summed E-state index contributed by atoms with van der Waals surface area (Å²) in [7, 11) is 0. The van der Waals surface area contributed by atoms with Crippen LogP contribution in [0.25, 0.3) is 0 Å². The zero-order valence-corrected chi connectivity index (χ0v) is 8.47. The molecule has 1 saturated carbocycles. The molecule has 0 atom stereocenters. The van der Waals surface area contributed by atoms with Gasteiger partial charge in [-0.05, 0) is 25.2 Å². The molecule has 1 N–H and O–H groups in total. The summed E-state index contributed by atoms with van der Waals surface area (Å²) in [5.74, 6) is 0.632. The van der Waals surface area contributed by atoms with Crippen LogP contribution in [0.3, 0.4) is 0 Å². The molecule has 0 saturated heterocycles. The van der Waals surface area contributed by atoms with Crippen molar-refractivity contribution >= 4 is 0 Å². The highest BCUT2D eigenvalue weighted by molar-refractivity contribution is 4.81. The van der Waals surface area contributed by atoms with Crippen LogP contribution in [-0.2, 0) is 0 Å². The van der Waals surface area contributed by atoms with Crippen molar-refractivity contribution in [2.45, 2.75) is 64.4 Å². The highest BCUT2D eigenvalue weighted by Gasteiger charge is 2.28. The Balaban J connectivity index is 2.42. The average Bonchev–Trinajstić information content (AvgIpc) is 2.12. The molecule has 1 fully saturated rings. The molecule has 0 amide bonds. The molecule has 0 radical (unpaired) electrons. The van der Waals surface area contributed by atoms with Gasteiger partial charge in [0.25, 0.3) is 0 Å². The molecular weight excluding hydrogens is 148 g/mol. The molecule has 0 aromatic heterocycles. The van der Waals surface area contributed by atoms with Crippen LogP contribution in [0.5, 0.6) is 0 Å². The summed E-state index contributed by atoms with van der Waals surface area (Å²) in [6.07, 6.45) is 8.15. The second-order valence-electron chi connectivity index (χ2n) is 4.74. The van der Waals surface area contributed by atoms with Gasteiger partial charge < -0.3 is 5.11 Å². The van der Waals surface area contributed by atoms with Crippen molar-refractivity contribution in [1.29, 1.82) is 0 Å². The van der Waals surface area contributed by atoms with Gasteiger partial charge in [0.1, 0.15) is 0 Å². The standard InChI is InChI=1S/C11H22O/c1-10(2)9-11(12)7-5-3-4-6-8-11/h10,12H,3-9H2,1-2H3. The summed E-state index contributed by atoms with van der Waals surface area (Å²) >= 11 is 0. The van der Waals surface area contributed by atoms with Crippen LogP contribution in [0.2, 0.25) is 0 Å². The number of hydrogen-bond donors (Lipinski definition) is 1. The fraction of sp³-hybridized carbons (Fsp3) is 1.00. The Bertz CT molecular complexity index is 121. The Morgan fingerprint density at radius 3 is 2.00 bits per heavy atom. The van der Waals surface area contributed by atoms with Gasteiger partial charge in [-0.3, -0.25) is 0 Å². The normalized spacial score (nSPS) is 24.0. The molecule has 0 spiro atoms. The van der Waals surface area contributed by atoms with Crippen LogP contribution >= 0.6 is 0 Å². The van der Waals surface area contributed by atoms with E-state index in [0.29, 0.717) is 5.92 Å². The molecule has 1 aliphatic carbocycles. The van der Waals surface area contributed by atoms with Crippen molar-refractivity contribution in [3.8, 4) is 0 Å². The second kappa shape index (κ2) is 4.27. The highest BCUT2D eigenvalue weighted by atomic mass is 16.3.